The quantitative estimate of drug-likeness (QED) is 0.736. The molecule has 0 spiro atoms. The van der Waals surface area contributed by atoms with Gasteiger partial charge in [0.15, 0.2) is 11.5 Å². The first-order valence-corrected chi connectivity index (χ1v) is 10.0. The summed E-state index contributed by atoms with van der Waals surface area (Å²) >= 11 is 0. The van der Waals surface area contributed by atoms with E-state index < -0.39 is 32.7 Å². The maximum Gasteiger partial charge on any atom is 0.289 e. The Hall–Kier alpha value is -2.98. The van der Waals surface area contributed by atoms with Gasteiger partial charge in [-0.1, -0.05) is 18.2 Å². The molecule has 0 bridgehead atoms. The minimum atomic E-state index is -4.52. The highest BCUT2D eigenvalue weighted by molar-refractivity contribution is 7.90. The van der Waals surface area contributed by atoms with Crippen molar-refractivity contribution in [2.24, 2.45) is 4.40 Å². The molecule has 1 heterocycles. The van der Waals surface area contributed by atoms with E-state index in [0.29, 0.717) is 5.69 Å². The molecule has 2 aromatic rings. The zero-order valence-corrected chi connectivity index (χ0v) is 17.1. The highest BCUT2D eigenvalue weighted by Crippen LogP contribution is 2.33. The van der Waals surface area contributed by atoms with E-state index in [-0.39, 0.29) is 17.2 Å². The number of methoxy groups -OCH3 is 2. The molecule has 8 nitrogen and oxygen atoms in total. The largest absolute Gasteiger partial charge is 0.493 e. The number of hydrogen-bond donors (Lipinski definition) is 0. The van der Waals surface area contributed by atoms with Crippen LogP contribution in [0.15, 0.2) is 51.8 Å². The van der Waals surface area contributed by atoms with Crippen LogP contribution in [0.2, 0.25) is 0 Å². The van der Waals surface area contributed by atoms with Gasteiger partial charge < -0.3 is 9.47 Å². The van der Waals surface area contributed by atoms with Crippen LogP contribution in [0.1, 0.15) is 6.92 Å². The molecular formula is C19H20FN3O5S. The Labute approximate surface area is 168 Å². The average Bonchev–Trinajstić information content (AvgIpc) is 2.91. The minimum Gasteiger partial charge on any atom is -0.493 e. The lowest BCUT2D eigenvalue weighted by molar-refractivity contribution is -0.113. The number of anilines is 1. The van der Waals surface area contributed by atoms with Gasteiger partial charge in [0.05, 0.1) is 25.9 Å². The third-order valence-electron chi connectivity index (χ3n) is 4.62. The summed E-state index contributed by atoms with van der Waals surface area (Å²) in [5.41, 5.74) is 0.345. The monoisotopic (exact) mass is 421 g/mol. The van der Waals surface area contributed by atoms with Crippen molar-refractivity contribution in [3.63, 3.8) is 0 Å². The van der Waals surface area contributed by atoms with Crippen LogP contribution >= 0.6 is 0 Å². The van der Waals surface area contributed by atoms with Gasteiger partial charge in [0.1, 0.15) is 16.4 Å². The van der Waals surface area contributed by atoms with Crippen molar-refractivity contribution < 1.29 is 27.1 Å². The molecule has 1 aliphatic rings. The fourth-order valence-electron chi connectivity index (χ4n) is 2.98. The molecule has 0 saturated carbocycles. The molecule has 1 unspecified atom stereocenters. The number of sulfonamides is 1. The molecule has 0 aliphatic carbocycles. The van der Waals surface area contributed by atoms with Gasteiger partial charge in [-0.2, -0.15) is 12.8 Å². The van der Waals surface area contributed by atoms with Crippen LogP contribution in [-0.4, -0.2) is 52.4 Å². The third-order valence-corrected chi connectivity index (χ3v) is 5.92. The van der Waals surface area contributed by atoms with Gasteiger partial charge in [-0.15, -0.1) is 0 Å². The number of carbonyl (C=O) groups is 1. The number of ether oxygens (including phenoxy) is 2. The van der Waals surface area contributed by atoms with Crippen LogP contribution in [0.4, 0.5) is 10.1 Å². The number of nitrogens with zero attached hydrogens (tertiary/aromatic N) is 3. The average molecular weight is 421 g/mol. The SMILES string of the molecule is COc1cc(F)c(S(=O)(=O)N=C2C(=O)N(c3ccccc3)N(C)C2C)cc1OC. The van der Waals surface area contributed by atoms with Gasteiger partial charge in [0.2, 0.25) is 0 Å². The summed E-state index contributed by atoms with van der Waals surface area (Å²) < 4.78 is 53.7. The Kier molecular flexibility index (Phi) is 5.58. The topological polar surface area (TPSA) is 88.5 Å². The number of rotatable bonds is 5. The molecular weight excluding hydrogens is 401 g/mol. The van der Waals surface area contributed by atoms with Crippen LogP contribution in [0, 0.1) is 5.82 Å². The van der Waals surface area contributed by atoms with Crippen LogP contribution in [0.3, 0.4) is 0 Å². The smallest absolute Gasteiger partial charge is 0.289 e. The fraction of sp³-hybridized carbons (Fsp3) is 0.263. The predicted molar refractivity (Wildman–Crippen MR) is 105 cm³/mol. The van der Waals surface area contributed by atoms with Crippen molar-refractivity contribution in [3.8, 4) is 11.5 Å². The molecule has 0 aromatic heterocycles. The van der Waals surface area contributed by atoms with E-state index in [1.807, 2.05) is 0 Å². The van der Waals surface area contributed by atoms with E-state index in [0.717, 1.165) is 12.1 Å². The molecule has 1 fully saturated rings. The zero-order valence-electron chi connectivity index (χ0n) is 16.3. The summed E-state index contributed by atoms with van der Waals surface area (Å²) in [7, 11) is -0.280. The van der Waals surface area contributed by atoms with Gasteiger partial charge in [-0.3, -0.25) is 4.79 Å². The van der Waals surface area contributed by atoms with Crippen molar-refractivity contribution in [2.45, 2.75) is 17.9 Å². The van der Waals surface area contributed by atoms with E-state index >= 15 is 0 Å². The van der Waals surface area contributed by atoms with Crippen molar-refractivity contribution in [2.75, 3.05) is 26.3 Å². The molecule has 10 heteroatoms. The Morgan fingerprint density at radius 3 is 2.24 bits per heavy atom. The summed E-state index contributed by atoms with van der Waals surface area (Å²) in [6, 6.07) is 9.98. The standard InChI is InChI=1S/C19H20FN3O5S/c1-12-18(19(24)23(22(12)2)13-8-6-5-7-9-13)21-29(25,26)17-11-16(28-4)15(27-3)10-14(17)20/h5-12H,1-4H3. The van der Waals surface area contributed by atoms with E-state index in [1.54, 1.807) is 49.3 Å². The van der Waals surface area contributed by atoms with E-state index in [9.17, 15) is 17.6 Å². The summed E-state index contributed by atoms with van der Waals surface area (Å²) in [5, 5.41) is 2.89. The molecule has 29 heavy (non-hydrogen) atoms. The molecule has 1 aliphatic heterocycles. The van der Waals surface area contributed by atoms with Crippen LogP contribution in [0.25, 0.3) is 0 Å². The number of amides is 1. The maximum atomic E-state index is 14.4. The third kappa shape index (κ3) is 3.68. The highest BCUT2D eigenvalue weighted by atomic mass is 32.2. The summed E-state index contributed by atoms with van der Waals surface area (Å²) in [6.07, 6.45) is 0. The maximum absolute atomic E-state index is 14.4. The molecule has 154 valence electrons. The zero-order chi connectivity index (χ0) is 21.3. The lowest BCUT2D eigenvalue weighted by atomic mass is 10.2. The van der Waals surface area contributed by atoms with E-state index in [2.05, 4.69) is 4.40 Å². The van der Waals surface area contributed by atoms with Crippen LogP contribution < -0.4 is 14.5 Å². The van der Waals surface area contributed by atoms with Gasteiger partial charge in [0, 0.05) is 19.2 Å². The summed E-state index contributed by atoms with van der Waals surface area (Å²) in [6.45, 7) is 1.64. The second-order valence-corrected chi connectivity index (χ2v) is 7.86. The molecule has 2 aromatic carbocycles. The molecule has 1 atom stereocenters. The summed E-state index contributed by atoms with van der Waals surface area (Å²) in [4.78, 5) is 12.2. The first kappa shape index (κ1) is 20.7. The van der Waals surface area contributed by atoms with Gasteiger partial charge in [-0.05, 0) is 19.1 Å². The van der Waals surface area contributed by atoms with Gasteiger partial charge in [0.25, 0.3) is 15.9 Å². The minimum absolute atomic E-state index is 0.0292. The summed E-state index contributed by atoms with van der Waals surface area (Å²) in [5.74, 6) is -1.59. The molecule has 0 N–H and O–H groups in total. The first-order valence-electron chi connectivity index (χ1n) is 8.60. The fourth-order valence-corrected chi connectivity index (χ4v) is 4.13. The van der Waals surface area contributed by atoms with Crippen LogP contribution in [-0.2, 0) is 14.8 Å². The molecule has 1 saturated heterocycles. The molecule has 3 rings (SSSR count). The Morgan fingerprint density at radius 1 is 1.07 bits per heavy atom. The second-order valence-electron chi connectivity index (χ2n) is 6.29. The molecule has 0 radical (unpaired) electrons. The van der Waals surface area contributed by atoms with Gasteiger partial charge >= 0.3 is 0 Å². The van der Waals surface area contributed by atoms with E-state index in [1.165, 1.54) is 19.2 Å². The lowest BCUT2D eigenvalue weighted by Crippen LogP contribution is -2.38. The Morgan fingerprint density at radius 2 is 1.66 bits per heavy atom. The first-order chi connectivity index (χ1) is 13.7. The van der Waals surface area contributed by atoms with E-state index in [4.69, 9.17) is 9.47 Å². The molecule has 1 amide bonds. The van der Waals surface area contributed by atoms with Crippen molar-refractivity contribution in [3.05, 3.63) is 48.3 Å². The number of carbonyl (C=O) groups excluding carboxylic acids is 1. The van der Waals surface area contributed by atoms with Gasteiger partial charge in [-0.25, -0.2) is 14.4 Å². The van der Waals surface area contributed by atoms with Crippen molar-refractivity contribution in [1.82, 2.24) is 5.01 Å². The number of para-hydroxylation sites is 1. The Balaban J connectivity index is 2.06. The lowest BCUT2D eigenvalue weighted by Gasteiger charge is -2.25. The number of hydrogen-bond acceptors (Lipinski definition) is 6. The highest BCUT2D eigenvalue weighted by Gasteiger charge is 2.41. The Bertz CT molecular complexity index is 1070. The van der Waals surface area contributed by atoms with Crippen LogP contribution in [0.5, 0.6) is 11.5 Å². The predicted octanol–water partition coefficient (Wildman–Crippen LogP) is 2.25. The number of halogens is 1. The van der Waals surface area contributed by atoms with Crippen molar-refractivity contribution in [1.29, 1.82) is 0 Å². The number of benzene rings is 2. The second kappa shape index (κ2) is 7.80. The van der Waals surface area contributed by atoms with Crippen molar-refractivity contribution >= 4 is 27.3 Å². The number of hydrazine groups is 1. The normalized spacial score (nSPS) is 19.1.